The zero-order valence-electron chi connectivity index (χ0n) is 23.5. The summed E-state index contributed by atoms with van der Waals surface area (Å²) in [6, 6.07) is -0.649. The number of imidazole rings is 1. The Morgan fingerprint density at radius 2 is 1.72 bits per heavy atom. The molecule has 36 heavy (non-hydrogen) atoms. The van der Waals surface area contributed by atoms with Crippen molar-refractivity contribution in [2.75, 3.05) is 12.3 Å². The van der Waals surface area contributed by atoms with Crippen LogP contribution >= 0.6 is 0 Å². The molecule has 0 aromatic carbocycles. The summed E-state index contributed by atoms with van der Waals surface area (Å²) in [4.78, 5) is 16.2. The first-order valence-corrected chi connectivity index (χ1v) is 18.2. The van der Waals surface area contributed by atoms with Crippen LogP contribution in [0.5, 0.6) is 0 Å². The molecule has 2 N–H and O–H groups in total. The van der Waals surface area contributed by atoms with Gasteiger partial charge in [-0.2, -0.15) is 0 Å². The van der Waals surface area contributed by atoms with E-state index in [1.807, 2.05) is 11.5 Å². The molecule has 200 valence electrons. The molecule has 4 atom stereocenters. The van der Waals surface area contributed by atoms with Crippen molar-refractivity contribution in [3.05, 3.63) is 22.6 Å². The molecule has 1 aliphatic heterocycles. The van der Waals surface area contributed by atoms with E-state index in [0.29, 0.717) is 23.6 Å². The van der Waals surface area contributed by atoms with E-state index in [4.69, 9.17) is 19.3 Å². The lowest BCUT2D eigenvalue weighted by atomic mass is 10.1. The summed E-state index contributed by atoms with van der Waals surface area (Å²) < 4.78 is 21.9. The minimum atomic E-state index is -2.26. The molecule has 2 aromatic rings. The highest BCUT2D eigenvalue weighted by Crippen LogP contribution is 2.44. The van der Waals surface area contributed by atoms with Crippen LogP contribution < -0.4 is 5.73 Å². The van der Waals surface area contributed by atoms with Gasteiger partial charge in [-0.05, 0) is 48.7 Å². The summed E-state index contributed by atoms with van der Waals surface area (Å²) in [5.74, 6) is 0.921. The van der Waals surface area contributed by atoms with Crippen LogP contribution in [0.25, 0.3) is 21.6 Å². The highest BCUT2D eigenvalue weighted by molar-refractivity contribution is 6.74. The lowest BCUT2D eigenvalue weighted by Crippen LogP contribution is -2.50. The Bertz CT molecular complexity index is 1150. The van der Waals surface area contributed by atoms with E-state index in [-0.39, 0.29) is 15.9 Å². The summed E-state index contributed by atoms with van der Waals surface area (Å²) in [6.07, 6.45) is -0.213. The second-order valence-electron chi connectivity index (χ2n) is 12.6. The fourth-order valence-corrected chi connectivity index (χ4v) is 6.10. The summed E-state index contributed by atoms with van der Waals surface area (Å²) in [6.45, 7) is 24.1. The first-order valence-electron chi connectivity index (χ1n) is 12.4. The smallest absolute Gasteiger partial charge is 0.192 e. The number of hydrogen-bond donors (Lipinski definition) is 1. The number of azide groups is 1. The molecule has 0 bridgehead atoms. The van der Waals surface area contributed by atoms with Gasteiger partial charge in [0, 0.05) is 4.91 Å². The van der Waals surface area contributed by atoms with Crippen molar-refractivity contribution in [3.8, 4) is 0 Å². The molecule has 0 spiro atoms. The molecular weight excluding hydrogens is 492 g/mol. The lowest BCUT2D eigenvalue weighted by molar-refractivity contribution is -0.0396. The summed E-state index contributed by atoms with van der Waals surface area (Å²) in [7, 11) is -4.33. The molecule has 3 heterocycles. The highest BCUT2D eigenvalue weighted by atomic mass is 28.4. The lowest BCUT2D eigenvalue weighted by Gasteiger charge is -2.41. The van der Waals surface area contributed by atoms with Crippen molar-refractivity contribution < 1.29 is 13.6 Å². The van der Waals surface area contributed by atoms with E-state index >= 15 is 0 Å². The molecule has 2 aromatic heterocycles. The van der Waals surface area contributed by atoms with Gasteiger partial charge in [-0.3, -0.25) is 4.57 Å². The number of ether oxygens (including phenoxy) is 1. The van der Waals surface area contributed by atoms with Gasteiger partial charge < -0.3 is 19.3 Å². The maximum atomic E-state index is 9.56. The number of fused-ring (bicyclic) bond motifs is 1. The second kappa shape index (κ2) is 9.69. The normalized spacial score (nSPS) is 23.8. The number of rotatable bonds is 7. The van der Waals surface area contributed by atoms with E-state index < -0.39 is 41.1 Å². The van der Waals surface area contributed by atoms with Gasteiger partial charge in [0.1, 0.15) is 30.5 Å². The Labute approximate surface area is 216 Å². The minimum Gasteiger partial charge on any atom is -0.414 e. The maximum absolute atomic E-state index is 9.56. The second-order valence-corrected chi connectivity index (χ2v) is 22.2. The average molecular weight is 535 g/mol. The first kappa shape index (κ1) is 28.5. The Kier molecular flexibility index (Phi) is 7.69. The van der Waals surface area contributed by atoms with Crippen LogP contribution in [0.4, 0.5) is 5.82 Å². The number of nitrogen functional groups attached to an aromatic ring is 1. The molecular formula is C23H42N8O3Si2. The fraction of sp³-hybridized carbons (Fsp3) is 0.783. The van der Waals surface area contributed by atoms with Gasteiger partial charge in [-0.25, -0.2) is 15.0 Å². The molecule has 4 unspecified atom stereocenters. The highest BCUT2D eigenvalue weighted by Gasteiger charge is 2.52. The standard InChI is InChI=1S/C23H42N8O3Si2/c1-14-28-17-19(24)26-13-27-20(17)31(14)21-16(29-30-25)18(34-36(10,11)23(5,6)7)15(33-21)12-32-35(8,9)22(2,3)4/h13,15-16,18,21H,12H2,1-11H3,(H2,24,26,27). The van der Waals surface area contributed by atoms with Crippen LogP contribution in [0.1, 0.15) is 53.6 Å². The van der Waals surface area contributed by atoms with Crippen LogP contribution in [-0.4, -0.2) is 61.0 Å². The third-order valence-corrected chi connectivity index (χ3v) is 17.1. The number of nitrogens with two attached hydrogens (primary N) is 1. The number of hydrogen-bond acceptors (Lipinski definition) is 8. The van der Waals surface area contributed by atoms with E-state index in [1.54, 1.807) is 0 Å². The molecule has 11 nitrogen and oxygen atoms in total. The Morgan fingerprint density at radius 1 is 1.11 bits per heavy atom. The van der Waals surface area contributed by atoms with E-state index in [2.05, 4.69) is 92.7 Å². The van der Waals surface area contributed by atoms with Gasteiger partial charge in [0.25, 0.3) is 0 Å². The minimum absolute atomic E-state index is 0.0383. The topological polar surface area (TPSA) is 146 Å². The van der Waals surface area contributed by atoms with E-state index in [1.165, 1.54) is 6.33 Å². The van der Waals surface area contributed by atoms with Crippen LogP contribution in [0.3, 0.4) is 0 Å². The van der Waals surface area contributed by atoms with Gasteiger partial charge in [0.15, 0.2) is 33.6 Å². The van der Waals surface area contributed by atoms with Crippen molar-refractivity contribution in [2.45, 2.75) is 109 Å². The van der Waals surface area contributed by atoms with E-state index in [9.17, 15) is 5.53 Å². The number of aromatic nitrogens is 4. The van der Waals surface area contributed by atoms with Crippen LogP contribution in [-0.2, 0) is 13.6 Å². The van der Waals surface area contributed by atoms with Crippen LogP contribution in [0.15, 0.2) is 11.4 Å². The van der Waals surface area contributed by atoms with Crippen molar-refractivity contribution in [1.29, 1.82) is 0 Å². The Morgan fingerprint density at radius 3 is 2.28 bits per heavy atom. The predicted molar refractivity (Wildman–Crippen MR) is 147 cm³/mol. The van der Waals surface area contributed by atoms with Gasteiger partial charge in [0.05, 0.1) is 12.7 Å². The summed E-state index contributed by atoms with van der Waals surface area (Å²) in [5, 5.41) is 4.20. The maximum Gasteiger partial charge on any atom is 0.192 e. The van der Waals surface area contributed by atoms with Crippen LogP contribution in [0.2, 0.25) is 36.3 Å². The predicted octanol–water partition coefficient (Wildman–Crippen LogP) is 5.71. The van der Waals surface area contributed by atoms with Crippen molar-refractivity contribution >= 4 is 33.6 Å². The zero-order valence-corrected chi connectivity index (χ0v) is 25.5. The van der Waals surface area contributed by atoms with E-state index in [0.717, 1.165) is 0 Å². The molecule has 1 fully saturated rings. The van der Waals surface area contributed by atoms with Gasteiger partial charge in [0.2, 0.25) is 0 Å². The first-order chi connectivity index (χ1) is 16.4. The number of anilines is 1. The summed E-state index contributed by atoms with van der Waals surface area (Å²) in [5.41, 5.74) is 16.6. The average Bonchev–Trinajstić information content (AvgIpc) is 3.23. The van der Waals surface area contributed by atoms with Crippen molar-refractivity contribution in [2.24, 2.45) is 5.11 Å². The van der Waals surface area contributed by atoms with Crippen LogP contribution in [0, 0.1) is 6.92 Å². The summed E-state index contributed by atoms with van der Waals surface area (Å²) >= 11 is 0. The Balaban J connectivity index is 2.09. The van der Waals surface area contributed by atoms with Gasteiger partial charge in [-0.1, -0.05) is 46.7 Å². The number of nitrogens with zero attached hydrogens (tertiary/aromatic N) is 7. The van der Waals surface area contributed by atoms with Gasteiger partial charge >= 0.3 is 0 Å². The molecule has 0 saturated carbocycles. The number of aryl methyl sites for hydroxylation is 1. The molecule has 13 heteroatoms. The fourth-order valence-electron chi connectivity index (χ4n) is 3.76. The third kappa shape index (κ3) is 5.31. The third-order valence-electron chi connectivity index (χ3n) is 8.08. The quantitative estimate of drug-likeness (QED) is 0.207. The van der Waals surface area contributed by atoms with Crippen molar-refractivity contribution in [3.63, 3.8) is 0 Å². The molecule has 1 saturated heterocycles. The molecule has 3 rings (SSSR count). The Hall–Kier alpha value is -2.03. The molecule has 0 radical (unpaired) electrons. The molecule has 0 amide bonds. The largest absolute Gasteiger partial charge is 0.414 e. The molecule has 1 aliphatic rings. The SMILES string of the molecule is Cc1nc2c(N)ncnc2n1C1OC(CO[Si](C)(C)C(C)(C)C)C(O[Si](C)(C)C(C)(C)C)C1N=[N+]=[N-]. The van der Waals surface area contributed by atoms with Crippen molar-refractivity contribution in [1.82, 2.24) is 19.5 Å². The van der Waals surface area contributed by atoms with Gasteiger partial charge in [-0.15, -0.1) is 0 Å². The zero-order chi connectivity index (χ0) is 27.3. The molecule has 0 aliphatic carbocycles. The monoisotopic (exact) mass is 534 g/mol.